The van der Waals surface area contributed by atoms with Gasteiger partial charge in [0.1, 0.15) is 11.6 Å². The number of rotatable bonds is 12. The molecule has 0 bridgehead atoms. The summed E-state index contributed by atoms with van der Waals surface area (Å²) in [6.07, 6.45) is 14.7. The summed E-state index contributed by atoms with van der Waals surface area (Å²) in [5.41, 5.74) is 6.00. The zero-order chi connectivity index (χ0) is 52.9. The third-order valence-corrected chi connectivity index (χ3v) is 19.0. The minimum atomic E-state index is -1.04. The minimum Gasteiger partial charge on any atom is -0.382 e. The predicted octanol–water partition coefficient (Wildman–Crippen LogP) is 6.65. The second-order valence-electron chi connectivity index (χ2n) is 24.2. The van der Waals surface area contributed by atoms with Crippen LogP contribution in [0.15, 0.2) is 48.8 Å². The Kier molecular flexibility index (Phi) is 12.7. The molecule has 8 heterocycles. The Bertz CT molecular complexity index is 3080. The minimum absolute atomic E-state index is 0.0355. The normalized spacial score (nSPS) is 27.4. The van der Waals surface area contributed by atoms with E-state index in [1.54, 1.807) is 18.2 Å². The van der Waals surface area contributed by atoms with Crippen LogP contribution in [0.4, 0.5) is 17.2 Å². The fraction of sp³-hybridized carbons (Fsp3) is 0.576. The highest BCUT2D eigenvalue weighted by Crippen LogP contribution is 2.51. The van der Waals surface area contributed by atoms with Gasteiger partial charge in [0.05, 0.1) is 40.0 Å². The molecule has 9 aliphatic rings. The third kappa shape index (κ3) is 8.86. The van der Waals surface area contributed by atoms with Gasteiger partial charge in [-0.2, -0.15) is 0 Å². The van der Waals surface area contributed by atoms with Gasteiger partial charge in [0.25, 0.3) is 11.8 Å². The smallest absolute Gasteiger partial charge is 0.264 e. The number of likely N-dealkylation sites (tertiary alicyclic amines) is 3. The second kappa shape index (κ2) is 19.6. The molecule has 1 unspecified atom stereocenters. The Morgan fingerprint density at radius 2 is 1.52 bits per heavy atom. The van der Waals surface area contributed by atoms with Crippen molar-refractivity contribution in [1.29, 1.82) is 0 Å². The Morgan fingerprint density at radius 1 is 0.779 bits per heavy atom. The number of imidazole rings is 1. The Hall–Kier alpha value is -6.69. The number of carbonyl (C=O) groups excluding carboxylic acids is 7. The lowest BCUT2D eigenvalue weighted by molar-refractivity contribution is -0.140. The number of hydrogen-bond donors (Lipinski definition) is 3. The number of carbonyl (C=O) groups is 7. The van der Waals surface area contributed by atoms with Crippen LogP contribution in [0, 0.1) is 17.8 Å². The molecule has 77 heavy (non-hydrogen) atoms. The Labute approximate surface area is 449 Å². The van der Waals surface area contributed by atoms with E-state index in [1.807, 2.05) is 16.1 Å². The first kappa shape index (κ1) is 49.9. The summed E-state index contributed by atoms with van der Waals surface area (Å²) in [5.74, 6) is -1.06. The summed E-state index contributed by atoms with van der Waals surface area (Å²) in [7, 11) is 0. The number of pyridine rings is 1. The van der Waals surface area contributed by atoms with Crippen molar-refractivity contribution >= 4 is 69.6 Å². The molecule has 2 atom stereocenters. The van der Waals surface area contributed by atoms with Crippen LogP contribution >= 0.6 is 0 Å². The van der Waals surface area contributed by atoms with Crippen LogP contribution in [0.2, 0.25) is 0 Å². The monoisotopic (exact) mass is 1050 g/mol. The quantitative estimate of drug-likeness (QED) is 0.128. The van der Waals surface area contributed by atoms with Crippen LogP contribution in [0.5, 0.6) is 0 Å². The fourth-order valence-corrected chi connectivity index (χ4v) is 14.4. The summed E-state index contributed by atoms with van der Waals surface area (Å²) in [6.45, 7) is 9.25. The predicted molar refractivity (Wildman–Crippen MR) is 289 cm³/mol. The molecular weight excluding hydrogens is 975 g/mol. The highest BCUT2D eigenvalue weighted by atomic mass is 16.2. The van der Waals surface area contributed by atoms with Crippen molar-refractivity contribution in [2.24, 2.45) is 17.8 Å². The molecule has 18 heteroatoms. The number of nitrogens with one attached hydrogen (secondary N) is 3. The first-order valence-electron chi connectivity index (χ1n) is 28.9. The third-order valence-electron chi connectivity index (χ3n) is 19.0. The number of amides is 7. The van der Waals surface area contributed by atoms with Gasteiger partial charge in [-0.25, -0.2) is 9.97 Å². The lowest BCUT2D eigenvalue weighted by Crippen LogP contribution is -2.54. The van der Waals surface area contributed by atoms with Crippen LogP contribution in [0.3, 0.4) is 0 Å². The van der Waals surface area contributed by atoms with E-state index in [1.165, 1.54) is 32.4 Å². The molecule has 18 nitrogen and oxygen atoms in total. The molecule has 3 saturated carbocycles. The zero-order valence-electron chi connectivity index (χ0n) is 44.4. The van der Waals surface area contributed by atoms with E-state index < -0.39 is 35.1 Å². The summed E-state index contributed by atoms with van der Waals surface area (Å²) in [5, 5.41) is 9.42. The average Bonchev–Trinajstić information content (AvgIpc) is 3.96. The molecule has 7 fully saturated rings. The summed E-state index contributed by atoms with van der Waals surface area (Å²) < 4.78 is 2.19. The average molecular weight is 1050 g/mol. The van der Waals surface area contributed by atoms with E-state index in [0.29, 0.717) is 101 Å². The summed E-state index contributed by atoms with van der Waals surface area (Å²) in [4.78, 5) is 115. The Balaban J connectivity index is 0.657. The van der Waals surface area contributed by atoms with Crippen molar-refractivity contribution in [2.45, 2.75) is 152 Å². The molecule has 3 aliphatic carbocycles. The van der Waals surface area contributed by atoms with E-state index in [4.69, 9.17) is 9.97 Å². The number of aromatic nitrogens is 3. The van der Waals surface area contributed by atoms with Crippen LogP contribution in [-0.4, -0.2) is 145 Å². The molecule has 7 amide bonds. The molecule has 404 valence electrons. The first-order valence-corrected chi connectivity index (χ1v) is 28.9. The van der Waals surface area contributed by atoms with Gasteiger partial charge in [0, 0.05) is 86.2 Å². The molecule has 0 radical (unpaired) electrons. The highest BCUT2D eigenvalue weighted by Gasteiger charge is 2.54. The maximum Gasteiger partial charge on any atom is 0.264 e. The van der Waals surface area contributed by atoms with Gasteiger partial charge in [-0.05, 0) is 153 Å². The number of fused-ring (bicyclic) bond motifs is 4. The molecule has 4 aromatic rings. The first-order chi connectivity index (χ1) is 37.3. The van der Waals surface area contributed by atoms with Crippen LogP contribution in [0.1, 0.15) is 149 Å². The maximum absolute atomic E-state index is 15.2. The number of imide groups is 2. The van der Waals surface area contributed by atoms with Crippen molar-refractivity contribution < 1.29 is 33.6 Å². The van der Waals surface area contributed by atoms with Gasteiger partial charge >= 0.3 is 0 Å². The van der Waals surface area contributed by atoms with Crippen molar-refractivity contribution in [2.75, 3.05) is 61.3 Å². The van der Waals surface area contributed by atoms with Gasteiger partial charge in [-0.15, -0.1) is 0 Å². The van der Waals surface area contributed by atoms with Crippen LogP contribution in [0.25, 0.3) is 22.3 Å². The van der Waals surface area contributed by atoms with Crippen molar-refractivity contribution in [3.63, 3.8) is 0 Å². The van der Waals surface area contributed by atoms with E-state index in [-0.39, 0.29) is 65.6 Å². The van der Waals surface area contributed by atoms with Gasteiger partial charge in [-0.3, -0.25) is 43.8 Å². The molecule has 2 aromatic carbocycles. The van der Waals surface area contributed by atoms with Crippen LogP contribution < -0.4 is 20.9 Å². The Morgan fingerprint density at radius 3 is 2.26 bits per heavy atom. The van der Waals surface area contributed by atoms with E-state index in [9.17, 15) is 28.8 Å². The van der Waals surface area contributed by atoms with Gasteiger partial charge in [-0.1, -0.05) is 24.6 Å². The molecule has 4 saturated heterocycles. The molecule has 3 N–H and O–H groups in total. The SMILES string of the molecule is CC(C)n1cnc2cc(-c3ccc4c(c3)N(CC3CC(N5CCCCC5)C3)C(=O)C43CCN(C(=O)[C@@H]4CCN(C(=O)C5CCC(Nc6cccc7c6C(=O)N(C6CCC(=O)NC6=O)C7=O)CC5)C4)CC3)nc(NC3CC3)c21. The highest BCUT2D eigenvalue weighted by molar-refractivity contribution is 6.25. The number of piperidine rings is 3. The number of anilines is 3. The lowest BCUT2D eigenvalue weighted by Gasteiger charge is -2.46. The number of nitrogens with zero attached hydrogens (tertiary/aromatic N) is 8. The second-order valence-corrected chi connectivity index (χ2v) is 24.2. The standard InChI is InChI=1S/C59H71N11O7/c1-34(2)69-33-60-46-30-45(63-52(51(46)69)62-40-14-15-40)37-11-16-43-48(29-37)68(31-35-27-41(28-35)65-22-4-3-5-23-65)58(77)59(43)20-25-66(26-21-59)55(74)38-19-24-67(32-38)54(73)36-9-12-39(13-10-36)61-44-8-6-7-42-50(44)57(76)70(56(42)75)47-17-18-49(71)64-53(47)72/h6-8,11,16,29-30,33-36,38-41,47,61H,3-5,9-10,12-15,17-28,31-32H2,1-2H3,(H,62,63)(H,64,71,72)/t35?,36?,38-,39?,41?,47?/m1/s1. The maximum atomic E-state index is 15.2. The molecule has 2 aromatic heterocycles. The topological polar surface area (TPSA) is 202 Å². The van der Waals surface area contributed by atoms with Crippen LogP contribution in [-0.2, 0) is 29.4 Å². The number of hydrogen-bond acceptors (Lipinski definition) is 12. The lowest BCUT2D eigenvalue weighted by atomic mass is 9.73. The zero-order valence-corrected chi connectivity index (χ0v) is 44.4. The van der Waals surface area contributed by atoms with Crippen molar-refractivity contribution in [1.82, 2.24) is 39.5 Å². The van der Waals surface area contributed by atoms with E-state index in [0.717, 1.165) is 69.9 Å². The molecule has 13 rings (SSSR count). The molecular formula is C59H71N11O7. The van der Waals surface area contributed by atoms with Gasteiger partial charge in [0.15, 0.2) is 5.82 Å². The molecule has 1 spiro atoms. The van der Waals surface area contributed by atoms with Crippen molar-refractivity contribution in [3.8, 4) is 11.3 Å². The van der Waals surface area contributed by atoms with Gasteiger partial charge in [0.2, 0.25) is 29.5 Å². The van der Waals surface area contributed by atoms with E-state index >= 15 is 4.79 Å². The fourth-order valence-electron chi connectivity index (χ4n) is 14.4. The van der Waals surface area contributed by atoms with Gasteiger partial charge < -0.3 is 34.8 Å². The number of benzene rings is 2. The molecule has 6 aliphatic heterocycles. The largest absolute Gasteiger partial charge is 0.382 e. The summed E-state index contributed by atoms with van der Waals surface area (Å²) in [6, 6.07) is 13.8. The van der Waals surface area contributed by atoms with E-state index in [2.05, 4.69) is 68.4 Å². The van der Waals surface area contributed by atoms with Crippen molar-refractivity contribution in [3.05, 3.63) is 65.5 Å². The summed E-state index contributed by atoms with van der Waals surface area (Å²) >= 11 is 0.